The Morgan fingerprint density at radius 3 is 1.84 bits per heavy atom. The van der Waals surface area contributed by atoms with Crippen LogP contribution in [0.4, 0.5) is 5.69 Å². The number of aryl methyl sites for hydroxylation is 1. The van der Waals surface area contributed by atoms with Gasteiger partial charge in [-0.25, -0.2) is 0 Å². The van der Waals surface area contributed by atoms with Gasteiger partial charge in [0.05, 0.1) is 4.92 Å². The molecule has 0 amide bonds. The maximum atomic E-state index is 10.6. The van der Waals surface area contributed by atoms with Gasteiger partial charge in [0.2, 0.25) is 0 Å². The third-order valence-corrected chi connectivity index (χ3v) is 11.3. The van der Waals surface area contributed by atoms with Crippen molar-refractivity contribution in [1.29, 1.82) is 0 Å². The Hall–Kier alpha value is -0.590. The summed E-state index contributed by atoms with van der Waals surface area (Å²) in [5.41, 5.74) is 1.25. The van der Waals surface area contributed by atoms with Crippen LogP contribution in [0.5, 0.6) is 0 Å². The van der Waals surface area contributed by atoms with Crippen molar-refractivity contribution in [3.8, 4) is 0 Å². The van der Waals surface area contributed by atoms with Gasteiger partial charge in [0.15, 0.2) is 0 Å². The number of aliphatic hydroxyl groups excluding tert-OH is 3. The number of hydrogen-bond acceptors (Lipinski definition) is 5. The number of halogens is 1. The van der Waals surface area contributed by atoms with E-state index in [1.807, 2.05) is 12.1 Å². The van der Waals surface area contributed by atoms with Crippen LogP contribution in [0, 0.1) is 10.1 Å². The van der Waals surface area contributed by atoms with Crippen LogP contribution in [0.25, 0.3) is 0 Å². The van der Waals surface area contributed by atoms with Gasteiger partial charge in [-0.1, -0.05) is 0 Å². The fourth-order valence-electron chi connectivity index (χ4n) is 2.67. The monoisotopic (exact) mass is 437 g/mol. The molecule has 0 saturated heterocycles. The van der Waals surface area contributed by atoms with Crippen LogP contribution in [0.1, 0.15) is 44.1 Å². The van der Waals surface area contributed by atoms with Crippen molar-refractivity contribution < 1.29 is 20.2 Å². The van der Waals surface area contributed by atoms with E-state index in [-0.39, 0.29) is 29.7 Å². The first-order chi connectivity index (χ1) is 11.9. The van der Waals surface area contributed by atoms with E-state index in [1.165, 1.54) is 0 Å². The second kappa shape index (κ2) is 10.5. The van der Waals surface area contributed by atoms with Gasteiger partial charge < -0.3 is 0 Å². The number of nitro groups is 1. The number of hydrogen-bond donors (Lipinski definition) is 3. The summed E-state index contributed by atoms with van der Waals surface area (Å²) in [5, 5.41) is 36.3. The molecule has 0 aliphatic rings. The van der Waals surface area contributed by atoms with Gasteiger partial charge in [-0.3, -0.25) is 10.1 Å². The van der Waals surface area contributed by atoms with Gasteiger partial charge >= 0.3 is 142 Å². The summed E-state index contributed by atoms with van der Waals surface area (Å²) < 4.78 is 0. The predicted molar refractivity (Wildman–Crippen MR) is 106 cm³/mol. The first-order valence-electron chi connectivity index (χ1n) is 8.65. The van der Waals surface area contributed by atoms with Crippen molar-refractivity contribution in [1.82, 2.24) is 0 Å². The van der Waals surface area contributed by atoms with Gasteiger partial charge in [-0.2, -0.15) is 0 Å². The van der Waals surface area contributed by atoms with E-state index in [0.717, 1.165) is 50.5 Å². The van der Waals surface area contributed by atoms with Crippen LogP contribution in [-0.4, -0.2) is 45.4 Å². The van der Waals surface area contributed by atoms with E-state index in [4.69, 9.17) is 0 Å². The molecular weight excluding hydrogens is 409 g/mol. The van der Waals surface area contributed by atoms with E-state index in [0.29, 0.717) is 6.16 Å². The molecule has 0 saturated carbocycles. The standard InChI is InChI=1S/C17H29BrNO5P/c18-25(13-20,14-21,15-22)12-6-4-2-1-3-5-7-16-8-10-17(11-9-16)19(23)24/h8-11,20-22H,1-7,12-15H2. The minimum atomic E-state index is -2.89. The zero-order valence-corrected chi connectivity index (χ0v) is 17.0. The van der Waals surface area contributed by atoms with Crippen molar-refractivity contribution in [2.24, 2.45) is 0 Å². The minimum absolute atomic E-state index is 0.126. The number of nitro benzene ring substituents is 1. The van der Waals surface area contributed by atoms with Gasteiger partial charge in [0.25, 0.3) is 0 Å². The Balaban J connectivity index is 2.15. The first kappa shape index (κ1) is 22.5. The molecule has 144 valence electrons. The second-order valence-corrected chi connectivity index (χ2v) is 17.7. The normalized spacial score (nSPS) is 13.4. The topological polar surface area (TPSA) is 104 Å². The SMILES string of the molecule is O=[N+]([O-])c1ccc(CCCCCCCCP(Br)(CO)(CO)CO)cc1. The molecule has 0 atom stereocenters. The summed E-state index contributed by atoms with van der Waals surface area (Å²) >= 11 is 3.46. The number of unbranched alkanes of at least 4 members (excludes halogenated alkanes) is 5. The van der Waals surface area contributed by atoms with E-state index in [2.05, 4.69) is 15.5 Å². The van der Waals surface area contributed by atoms with Crippen LogP contribution < -0.4 is 0 Å². The third kappa shape index (κ3) is 7.27. The zero-order chi connectivity index (χ0) is 18.8. The fraction of sp³-hybridized carbons (Fsp3) is 0.647. The molecule has 0 radical (unpaired) electrons. The van der Waals surface area contributed by atoms with Gasteiger partial charge in [0.1, 0.15) is 0 Å². The summed E-state index contributed by atoms with van der Waals surface area (Å²) in [7, 11) is 0. The molecule has 0 fully saturated rings. The molecule has 6 nitrogen and oxygen atoms in total. The number of benzene rings is 1. The van der Waals surface area contributed by atoms with Crippen molar-refractivity contribution >= 4 is 26.5 Å². The van der Waals surface area contributed by atoms with Crippen molar-refractivity contribution in [3.63, 3.8) is 0 Å². The van der Waals surface area contributed by atoms with Crippen molar-refractivity contribution in [2.45, 2.75) is 44.9 Å². The number of non-ortho nitro benzene ring substituents is 1. The molecular formula is C17H29BrNO5P. The summed E-state index contributed by atoms with van der Waals surface area (Å²) in [6.07, 6.45) is 7.32. The molecule has 3 N–H and O–H groups in total. The first-order valence-corrected chi connectivity index (χ1v) is 13.6. The second-order valence-electron chi connectivity index (χ2n) is 6.76. The van der Waals surface area contributed by atoms with Crippen LogP contribution in [-0.2, 0) is 6.42 Å². The summed E-state index contributed by atoms with van der Waals surface area (Å²) in [6, 6.07) is 6.72. The van der Waals surface area contributed by atoms with Crippen LogP contribution >= 0.6 is 20.8 Å². The molecule has 1 rings (SSSR count). The van der Waals surface area contributed by atoms with E-state index < -0.39 is 5.31 Å². The summed E-state index contributed by atoms with van der Waals surface area (Å²) in [5.74, 6) is 0. The third-order valence-electron chi connectivity index (χ3n) is 4.64. The Bertz CT molecular complexity index is 525. The molecule has 0 spiro atoms. The molecule has 8 heteroatoms. The maximum absolute atomic E-state index is 10.6. The molecule has 0 unspecified atom stereocenters. The Labute approximate surface area is 157 Å². The van der Waals surface area contributed by atoms with E-state index >= 15 is 0 Å². The average Bonchev–Trinajstić information content (AvgIpc) is 2.64. The Kier molecular flexibility index (Phi) is 9.46. The van der Waals surface area contributed by atoms with Gasteiger partial charge in [-0.15, -0.1) is 0 Å². The van der Waals surface area contributed by atoms with E-state index in [9.17, 15) is 25.4 Å². The fourth-order valence-corrected chi connectivity index (χ4v) is 5.13. The van der Waals surface area contributed by atoms with Crippen LogP contribution in [0.3, 0.4) is 0 Å². The van der Waals surface area contributed by atoms with Gasteiger partial charge in [0, 0.05) is 0 Å². The molecule has 1 aromatic rings. The molecule has 0 bridgehead atoms. The van der Waals surface area contributed by atoms with Crippen LogP contribution in [0.2, 0.25) is 0 Å². The molecule has 0 aliphatic heterocycles. The summed E-state index contributed by atoms with van der Waals surface area (Å²) in [4.78, 5) is 10.2. The van der Waals surface area contributed by atoms with Crippen molar-refractivity contribution in [3.05, 3.63) is 39.9 Å². The average molecular weight is 438 g/mol. The number of aliphatic hydroxyl groups is 3. The molecule has 0 heterocycles. The quantitative estimate of drug-likeness (QED) is 0.185. The Morgan fingerprint density at radius 2 is 1.36 bits per heavy atom. The van der Waals surface area contributed by atoms with Crippen LogP contribution in [0.15, 0.2) is 24.3 Å². The number of rotatable bonds is 13. The zero-order valence-electron chi connectivity index (χ0n) is 14.5. The van der Waals surface area contributed by atoms with Crippen molar-refractivity contribution in [2.75, 3.05) is 25.2 Å². The predicted octanol–water partition coefficient (Wildman–Crippen LogP) is 4.19. The molecule has 25 heavy (non-hydrogen) atoms. The van der Waals surface area contributed by atoms with Gasteiger partial charge in [-0.05, 0) is 0 Å². The molecule has 1 aromatic carbocycles. The summed E-state index contributed by atoms with van der Waals surface area (Å²) in [6.45, 7) is 0. The number of nitrogens with zero attached hydrogens (tertiary/aromatic N) is 1. The Morgan fingerprint density at radius 1 is 0.880 bits per heavy atom. The molecule has 0 aromatic heterocycles. The molecule has 0 aliphatic carbocycles. The van der Waals surface area contributed by atoms with E-state index in [1.54, 1.807) is 12.1 Å².